The summed E-state index contributed by atoms with van der Waals surface area (Å²) in [6, 6.07) is 10.2. The molecule has 4 rings (SSSR count). The predicted octanol–water partition coefficient (Wildman–Crippen LogP) is 3.64. The zero-order valence-corrected chi connectivity index (χ0v) is 14.5. The number of aromatic nitrogens is 2. The number of allylic oxidation sites excluding steroid dienone is 4. The van der Waals surface area contributed by atoms with Crippen molar-refractivity contribution in [2.24, 2.45) is 22.6 Å². The van der Waals surface area contributed by atoms with Gasteiger partial charge in [-0.25, -0.2) is 4.98 Å². The molecule has 5 nitrogen and oxygen atoms in total. The van der Waals surface area contributed by atoms with Gasteiger partial charge in [0, 0.05) is 23.6 Å². The van der Waals surface area contributed by atoms with E-state index in [1.165, 1.54) is 0 Å². The van der Waals surface area contributed by atoms with Crippen LogP contribution in [0.25, 0.3) is 16.6 Å². The number of benzene rings is 1. The van der Waals surface area contributed by atoms with Crippen LogP contribution in [0.3, 0.4) is 0 Å². The van der Waals surface area contributed by atoms with Gasteiger partial charge in [-0.2, -0.15) is 5.26 Å². The summed E-state index contributed by atoms with van der Waals surface area (Å²) in [5.41, 5.74) is 10.7. The minimum absolute atomic E-state index is 0.291. The zero-order chi connectivity index (χ0) is 17.9. The molecular weight excluding hydrogens is 322 g/mol. The summed E-state index contributed by atoms with van der Waals surface area (Å²) in [7, 11) is 0. The minimum atomic E-state index is 0.291. The first kappa shape index (κ1) is 16.5. The van der Waals surface area contributed by atoms with Gasteiger partial charge in [0.25, 0.3) is 0 Å². The summed E-state index contributed by atoms with van der Waals surface area (Å²) >= 11 is 0. The van der Waals surface area contributed by atoms with Crippen molar-refractivity contribution in [3.63, 3.8) is 0 Å². The Balaban J connectivity index is 1.57. The van der Waals surface area contributed by atoms with E-state index in [0.717, 1.165) is 53.7 Å². The Morgan fingerprint density at radius 1 is 1.23 bits per heavy atom. The van der Waals surface area contributed by atoms with Crippen molar-refractivity contribution in [1.82, 2.24) is 9.97 Å². The fourth-order valence-corrected chi connectivity index (χ4v) is 3.26. The number of aliphatic imine (C=N–C) groups is 1. The molecule has 2 N–H and O–H groups in total. The molecule has 1 heterocycles. The number of rotatable bonds is 5. The highest BCUT2D eigenvalue weighted by Crippen LogP contribution is 2.37. The number of nitrogens with two attached hydrogens (primary N) is 1. The Bertz CT molecular complexity index is 940. The van der Waals surface area contributed by atoms with E-state index >= 15 is 0 Å². The van der Waals surface area contributed by atoms with E-state index in [-0.39, 0.29) is 0 Å². The van der Waals surface area contributed by atoms with Crippen LogP contribution in [-0.2, 0) is 0 Å². The van der Waals surface area contributed by atoms with Crippen molar-refractivity contribution in [2.75, 3.05) is 0 Å². The van der Waals surface area contributed by atoms with E-state index in [4.69, 9.17) is 21.0 Å². The lowest BCUT2D eigenvalue weighted by Crippen LogP contribution is -2.25. The second-order valence-electron chi connectivity index (χ2n) is 7.04. The highest BCUT2D eigenvalue weighted by atomic mass is 14.8. The normalized spacial score (nSPS) is 23.8. The van der Waals surface area contributed by atoms with Crippen molar-refractivity contribution in [1.29, 1.82) is 5.26 Å². The topological polar surface area (TPSA) is 88.0 Å². The van der Waals surface area contributed by atoms with E-state index in [1.807, 2.05) is 42.6 Å². The lowest BCUT2D eigenvalue weighted by molar-refractivity contribution is 0.327. The first-order valence-corrected chi connectivity index (χ1v) is 9.06. The van der Waals surface area contributed by atoms with Crippen molar-refractivity contribution in [3.05, 3.63) is 54.0 Å². The molecule has 2 aromatic rings. The highest BCUT2D eigenvalue weighted by Gasteiger charge is 2.29. The number of nitriles is 1. The molecule has 1 aromatic carbocycles. The quantitative estimate of drug-likeness (QED) is 0.663. The van der Waals surface area contributed by atoms with Crippen LogP contribution in [0.1, 0.15) is 31.4 Å². The third-order valence-corrected chi connectivity index (χ3v) is 5.06. The molecule has 0 atom stereocenters. The Morgan fingerprint density at radius 2 is 2.00 bits per heavy atom. The smallest absolute Gasteiger partial charge is 0.0925 e. The molecule has 0 amide bonds. The van der Waals surface area contributed by atoms with Crippen LogP contribution in [0.2, 0.25) is 0 Å². The average Bonchev–Trinajstić information content (AvgIpc) is 3.47. The van der Waals surface area contributed by atoms with Crippen molar-refractivity contribution < 1.29 is 0 Å². The van der Waals surface area contributed by atoms with E-state index in [9.17, 15) is 0 Å². The lowest BCUT2D eigenvalue weighted by Gasteiger charge is -2.29. The summed E-state index contributed by atoms with van der Waals surface area (Å²) in [6.07, 6.45) is 11.4. The van der Waals surface area contributed by atoms with Gasteiger partial charge in [0.05, 0.1) is 35.0 Å². The molecule has 0 aliphatic heterocycles. The third-order valence-electron chi connectivity index (χ3n) is 5.06. The van der Waals surface area contributed by atoms with E-state index < -0.39 is 0 Å². The molecule has 0 spiro atoms. The van der Waals surface area contributed by atoms with Gasteiger partial charge in [0.2, 0.25) is 0 Å². The lowest BCUT2D eigenvalue weighted by atomic mass is 9.80. The van der Waals surface area contributed by atoms with Crippen LogP contribution >= 0.6 is 0 Å². The standard InChI is InChI=1S/C21H21N5/c22-9-3-4-14-10-16(11-14)24-12-17(21(23)15-7-8-15)20-13-25-18-5-1-2-6-19(18)26-20/h1-6,12-16H,7-8,10-11,23H2/b4-3+,21-17?,24-12?. The van der Waals surface area contributed by atoms with Gasteiger partial charge < -0.3 is 5.73 Å². The summed E-state index contributed by atoms with van der Waals surface area (Å²) in [4.78, 5) is 14.0. The van der Waals surface area contributed by atoms with Crippen molar-refractivity contribution in [2.45, 2.75) is 31.7 Å². The average molecular weight is 343 g/mol. The molecule has 2 saturated carbocycles. The molecular formula is C21H21N5. The van der Waals surface area contributed by atoms with Crippen LogP contribution in [0.15, 0.2) is 53.3 Å². The highest BCUT2D eigenvalue weighted by molar-refractivity contribution is 6.10. The van der Waals surface area contributed by atoms with Crippen LogP contribution in [-0.4, -0.2) is 22.2 Å². The maximum atomic E-state index is 8.60. The van der Waals surface area contributed by atoms with Gasteiger partial charge >= 0.3 is 0 Å². The molecule has 130 valence electrons. The Labute approximate surface area is 153 Å². The Morgan fingerprint density at radius 3 is 2.73 bits per heavy atom. The molecule has 0 radical (unpaired) electrons. The summed E-state index contributed by atoms with van der Waals surface area (Å²) in [5, 5.41) is 8.60. The zero-order valence-electron chi connectivity index (χ0n) is 14.5. The molecule has 0 saturated heterocycles. The van der Waals surface area contributed by atoms with Gasteiger partial charge in [-0.1, -0.05) is 18.2 Å². The first-order chi connectivity index (χ1) is 12.7. The number of hydrogen-bond donors (Lipinski definition) is 1. The summed E-state index contributed by atoms with van der Waals surface area (Å²) in [5.74, 6) is 0.905. The predicted molar refractivity (Wildman–Crippen MR) is 103 cm³/mol. The summed E-state index contributed by atoms with van der Waals surface area (Å²) in [6.45, 7) is 0. The molecule has 26 heavy (non-hydrogen) atoms. The second-order valence-corrected chi connectivity index (χ2v) is 7.04. The largest absolute Gasteiger partial charge is 0.401 e. The van der Waals surface area contributed by atoms with Gasteiger partial charge in [-0.15, -0.1) is 0 Å². The maximum Gasteiger partial charge on any atom is 0.0925 e. The molecule has 0 bridgehead atoms. The van der Waals surface area contributed by atoms with Gasteiger partial charge in [-0.3, -0.25) is 9.98 Å². The monoisotopic (exact) mass is 343 g/mol. The summed E-state index contributed by atoms with van der Waals surface area (Å²) < 4.78 is 0. The number of hydrogen-bond acceptors (Lipinski definition) is 5. The van der Waals surface area contributed by atoms with Crippen LogP contribution in [0.4, 0.5) is 0 Å². The van der Waals surface area contributed by atoms with Crippen LogP contribution < -0.4 is 5.73 Å². The molecule has 0 unspecified atom stereocenters. The fourth-order valence-electron chi connectivity index (χ4n) is 3.26. The SMILES string of the molecule is N#C/C=C/C1CC(N=CC(=C(N)C2CC2)c2cnc3ccccc3n2)C1. The molecule has 2 aliphatic carbocycles. The van der Waals surface area contributed by atoms with Crippen LogP contribution in [0, 0.1) is 23.2 Å². The van der Waals surface area contributed by atoms with E-state index in [0.29, 0.717) is 17.9 Å². The second kappa shape index (κ2) is 7.09. The van der Waals surface area contributed by atoms with Gasteiger partial charge in [0.1, 0.15) is 0 Å². The number of para-hydroxylation sites is 2. The van der Waals surface area contributed by atoms with E-state index in [1.54, 1.807) is 12.3 Å². The van der Waals surface area contributed by atoms with Gasteiger partial charge in [-0.05, 0) is 49.7 Å². The Kier molecular flexibility index (Phi) is 4.49. The molecule has 2 aliphatic rings. The maximum absolute atomic E-state index is 8.60. The molecule has 2 fully saturated rings. The van der Waals surface area contributed by atoms with Crippen molar-refractivity contribution in [3.8, 4) is 6.07 Å². The molecule has 5 heteroatoms. The van der Waals surface area contributed by atoms with E-state index in [2.05, 4.69) is 4.98 Å². The molecule has 1 aromatic heterocycles. The fraction of sp³-hybridized carbons (Fsp3) is 0.333. The van der Waals surface area contributed by atoms with Crippen LogP contribution in [0.5, 0.6) is 0 Å². The number of nitrogens with zero attached hydrogens (tertiary/aromatic N) is 4. The first-order valence-electron chi connectivity index (χ1n) is 9.06. The minimum Gasteiger partial charge on any atom is -0.401 e. The number of fused-ring (bicyclic) bond motifs is 1. The van der Waals surface area contributed by atoms with Crippen molar-refractivity contribution >= 4 is 22.8 Å². The third kappa shape index (κ3) is 3.50. The Hall–Kier alpha value is -3.00. The van der Waals surface area contributed by atoms with Gasteiger partial charge in [0.15, 0.2) is 0 Å².